The van der Waals surface area contributed by atoms with Crippen LogP contribution < -0.4 is 0 Å². The van der Waals surface area contributed by atoms with Crippen molar-refractivity contribution in [2.45, 2.75) is 57.8 Å². The number of hydrogen-bond donors (Lipinski definition) is 0. The van der Waals surface area contributed by atoms with Gasteiger partial charge < -0.3 is 9.47 Å². The Morgan fingerprint density at radius 2 is 2.29 bits per heavy atom. The van der Waals surface area contributed by atoms with Gasteiger partial charge in [0.1, 0.15) is 5.94 Å². The molecule has 98 valence electrons. The van der Waals surface area contributed by atoms with Gasteiger partial charge in [0.05, 0.1) is 18.3 Å². The van der Waals surface area contributed by atoms with E-state index in [9.17, 15) is 0 Å². The molecule has 1 unspecified atom stereocenters. The summed E-state index contributed by atoms with van der Waals surface area (Å²) in [5, 5.41) is 0. The maximum Gasteiger partial charge on any atom is 0.103 e. The van der Waals surface area contributed by atoms with Crippen LogP contribution in [0, 0.1) is 12.3 Å². The summed E-state index contributed by atoms with van der Waals surface area (Å²) >= 11 is 0. The van der Waals surface area contributed by atoms with Gasteiger partial charge in [-0.1, -0.05) is 28.5 Å². The summed E-state index contributed by atoms with van der Waals surface area (Å²) in [6.45, 7) is 4.27. The van der Waals surface area contributed by atoms with Gasteiger partial charge in [0.25, 0.3) is 0 Å². The highest BCUT2D eigenvalue weighted by atomic mass is 33.1. The minimum atomic E-state index is 0.286. The molecule has 0 bridgehead atoms. The number of terminal acetylenes is 1. The van der Waals surface area contributed by atoms with Gasteiger partial charge >= 0.3 is 0 Å². The number of rotatable bonds is 8. The molecule has 2 nitrogen and oxygen atoms in total. The highest BCUT2D eigenvalue weighted by Crippen LogP contribution is 2.28. The van der Waals surface area contributed by atoms with Crippen molar-refractivity contribution < 1.29 is 9.47 Å². The molecule has 3 atom stereocenters. The van der Waals surface area contributed by atoms with Gasteiger partial charge in [-0.25, -0.2) is 0 Å². The minimum Gasteiger partial charge on any atom is -0.372 e. The highest BCUT2D eigenvalue weighted by molar-refractivity contribution is 8.76. The van der Waals surface area contributed by atoms with Crippen LogP contribution in [-0.2, 0) is 9.47 Å². The van der Waals surface area contributed by atoms with E-state index >= 15 is 0 Å². The second kappa shape index (κ2) is 9.16. The molecule has 1 aliphatic rings. The molecule has 0 aliphatic carbocycles. The van der Waals surface area contributed by atoms with Crippen LogP contribution >= 0.6 is 21.6 Å². The lowest BCUT2D eigenvalue weighted by molar-refractivity contribution is -0.00655. The Balaban J connectivity index is 2.00. The van der Waals surface area contributed by atoms with Crippen molar-refractivity contribution >= 4 is 21.6 Å². The van der Waals surface area contributed by atoms with Crippen molar-refractivity contribution in [1.82, 2.24) is 0 Å². The molecule has 0 saturated carbocycles. The van der Waals surface area contributed by atoms with E-state index in [1.54, 1.807) is 10.8 Å². The molecule has 0 aromatic heterocycles. The SMILES string of the molecule is C#CCCCSSCOC1C[C@H](C)O[C@@H]1CC. The standard InChI is InChI=1S/C13H22O2S2/c1-4-6-7-8-16-17-10-14-13-9-11(3)15-12(13)5-2/h1,11-13H,5-10H2,2-3H3/t11-,12+,13?/m0/s1. The first-order valence-corrected chi connectivity index (χ1v) is 8.71. The first kappa shape index (κ1) is 15.2. The Kier molecular flexibility index (Phi) is 8.21. The van der Waals surface area contributed by atoms with Gasteiger partial charge in [0.2, 0.25) is 0 Å². The van der Waals surface area contributed by atoms with Crippen LogP contribution in [0.1, 0.15) is 39.5 Å². The fraction of sp³-hybridized carbons (Fsp3) is 0.846. The molecule has 4 heteroatoms. The zero-order valence-electron chi connectivity index (χ0n) is 10.7. The Bertz CT molecular complexity index is 240. The largest absolute Gasteiger partial charge is 0.372 e. The van der Waals surface area contributed by atoms with Crippen LogP contribution in [0.15, 0.2) is 0 Å². The summed E-state index contributed by atoms with van der Waals surface area (Å²) in [7, 11) is 3.62. The molecule has 0 spiro atoms. The molecule has 0 amide bonds. The Hall–Kier alpha value is 0.180. The Morgan fingerprint density at radius 3 is 3.00 bits per heavy atom. The summed E-state index contributed by atoms with van der Waals surface area (Å²) in [6, 6.07) is 0. The molecule has 1 saturated heterocycles. The van der Waals surface area contributed by atoms with Gasteiger partial charge in [-0.3, -0.25) is 0 Å². The van der Waals surface area contributed by atoms with Crippen molar-refractivity contribution in [3.63, 3.8) is 0 Å². The Labute approximate surface area is 113 Å². The van der Waals surface area contributed by atoms with Crippen molar-refractivity contribution in [3.05, 3.63) is 0 Å². The quantitative estimate of drug-likeness (QED) is 0.290. The third-order valence-corrected chi connectivity index (χ3v) is 4.89. The molecule has 1 heterocycles. The lowest BCUT2D eigenvalue weighted by Gasteiger charge is -2.16. The molecular weight excluding hydrogens is 252 g/mol. The van der Waals surface area contributed by atoms with Crippen LogP contribution in [0.5, 0.6) is 0 Å². The maximum atomic E-state index is 5.86. The van der Waals surface area contributed by atoms with Crippen LogP contribution in [0.3, 0.4) is 0 Å². The summed E-state index contributed by atoms with van der Waals surface area (Å²) < 4.78 is 11.6. The number of hydrogen-bond acceptors (Lipinski definition) is 4. The molecule has 1 aliphatic heterocycles. The molecule has 0 radical (unpaired) electrons. The van der Waals surface area contributed by atoms with Gasteiger partial charge in [-0.15, -0.1) is 12.3 Å². The molecule has 0 aromatic carbocycles. The van der Waals surface area contributed by atoms with Crippen LogP contribution in [0.25, 0.3) is 0 Å². The van der Waals surface area contributed by atoms with E-state index in [1.807, 2.05) is 10.8 Å². The zero-order chi connectivity index (χ0) is 12.5. The van der Waals surface area contributed by atoms with Crippen molar-refractivity contribution in [1.29, 1.82) is 0 Å². The maximum absolute atomic E-state index is 5.86. The lowest BCUT2D eigenvalue weighted by atomic mass is 10.1. The van der Waals surface area contributed by atoms with E-state index in [2.05, 4.69) is 19.8 Å². The van der Waals surface area contributed by atoms with Crippen molar-refractivity contribution in [3.8, 4) is 12.3 Å². The van der Waals surface area contributed by atoms with Crippen LogP contribution in [-0.4, -0.2) is 30.0 Å². The van der Waals surface area contributed by atoms with Gasteiger partial charge in [-0.2, -0.15) is 0 Å². The van der Waals surface area contributed by atoms with E-state index in [0.29, 0.717) is 6.10 Å². The smallest absolute Gasteiger partial charge is 0.103 e. The monoisotopic (exact) mass is 274 g/mol. The number of ether oxygens (including phenoxy) is 2. The topological polar surface area (TPSA) is 18.5 Å². The third kappa shape index (κ3) is 6.05. The van der Waals surface area contributed by atoms with E-state index in [4.69, 9.17) is 15.9 Å². The molecule has 1 rings (SSSR count). The van der Waals surface area contributed by atoms with Crippen LogP contribution in [0.2, 0.25) is 0 Å². The molecule has 0 N–H and O–H groups in total. The molecule has 1 fully saturated rings. The van der Waals surface area contributed by atoms with Crippen LogP contribution in [0.4, 0.5) is 0 Å². The zero-order valence-corrected chi connectivity index (χ0v) is 12.3. The van der Waals surface area contributed by atoms with Crippen molar-refractivity contribution in [2.75, 3.05) is 11.7 Å². The summed E-state index contributed by atoms with van der Waals surface area (Å²) in [5.41, 5.74) is 0. The van der Waals surface area contributed by atoms with E-state index in [0.717, 1.165) is 37.4 Å². The molecule has 0 aromatic rings. The Morgan fingerprint density at radius 1 is 1.47 bits per heavy atom. The fourth-order valence-electron chi connectivity index (χ4n) is 1.90. The normalized spacial score (nSPS) is 28.2. The predicted molar refractivity (Wildman–Crippen MR) is 77.1 cm³/mol. The van der Waals surface area contributed by atoms with E-state index in [-0.39, 0.29) is 12.2 Å². The third-order valence-electron chi connectivity index (χ3n) is 2.75. The second-order valence-corrected chi connectivity index (χ2v) is 6.73. The molecule has 17 heavy (non-hydrogen) atoms. The second-order valence-electron chi connectivity index (χ2n) is 4.20. The van der Waals surface area contributed by atoms with Gasteiger partial charge in [0, 0.05) is 18.6 Å². The van der Waals surface area contributed by atoms with Gasteiger partial charge in [0.15, 0.2) is 0 Å². The average Bonchev–Trinajstić information content (AvgIpc) is 2.68. The van der Waals surface area contributed by atoms with Crippen molar-refractivity contribution in [2.24, 2.45) is 0 Å². The summed E-state index contributed by atoms with van der Waals surface area (Å²) in [5.74, 6) is 4.50. The van der Waals surface area contributed by atoms with E-state index in [1.165, 1.54) is 0 Å². The lowest BCUT2D eigenvalue weighted by Crippen LogP contribution is -2.23. The predicted octanol–water partition coefficient (Wildman–Crippen LogP) is 3.71. The summed E-state index contributed by atoms with van der Waals surface area (Å²) in [6.07, 6.45) is 10.1. The average molecular weight is 274 g/mol. The number of unbranched alkanes of at least 4 members (excludes halogenated alkanes) is 1. The fourth-order valence-corrected chi connectivity index (χ4v) is 3.65. The van der Waals surface area contributed by atoms with E-state index < -0.39 is 0 Å². The molecular formula is C13H22O2S2. The summed E-state index contributed by atoms with van der Waals surface area (Å²) in [4.78, 5) is 0. The minimum absolute atomic E-state index is 0.286. The highest BCUT2D eigenvalue weighted by Gasteiger charge is 2.32. The van der Waals surface area contributed by atoms with Gasteiger partial charge in [-0.05, 0) is 19.8 Å². The first-order chi connectivity index (χ1) is 8.27. The first-order valence-electron chi connectivity index (χ1n) is 6.22.